The van der Waals surface area contributed by atoms with Gasteiger partial charge in [0.25, 0.3) is 0 Å². The van der Waals surface area contributed by atoms with E-state index >= 15 is 0 Å². The average molecular weight is 475 g/mol. The third kappa shape index (κ3) is 12.7. The molecule has 11 N–H and O–H groups in total. The van der Waals surface area contributed by atoms with Crippen LogP contribution in [0, 0.1) is 5.92 Å². The van der Waals surface area contributed by atoms with E-state index in [1.807, 2.05) is 13.8 Å². The van der Waals surface area contributed by atoms with Crippen LogP contribution >= 0.6 is 0 Å². The van der Waals surface area contributed by atoms with Crippen molar-refractivity contribution in [2.24, 2.45) is 23.1 Å². The first-order chi connectivity index (χ1) is 15.4. The predicted octanol–water partition coefficient (Wildman–Crippen LogP) is -2.71. The van der Waals surface area contributed by atoms with Crippen molar-refractivity contribution in [2.45, 2.75) is 76.5 Å². The molecule has 33 heavy (non-hydrogen) atoms. The lowest BCUT2D eigenvalue weighted by atomic mass is 10.0. The molecule has 0 radical (unpaired) electrons. The molecule has 13 nitrogen and oxygen atoms in total. The van der Waals surface area contributed by atoms with Crippen molar-refractivity contribution in [1.82, 2.24) is 16.0 Å². The molecule has 0 saturated carbocycles. The summed E-state index contributed by atoms with van der Waals surface area (Å²) in [5.74, 6) is -4.19. The van der Waals surface area contributed by atoms with E-state index < -0.39 is 60.4 Å². The quantitative estimate of drug-likeness (QED) is 0.102. The number of hydrogen-bond acceptors (Lipinski definition) is 8. The zero-order valence-corrected chi connectivity index (χ0v) is 19.2. The van der Waals surface area contributed by atoms with Crippen molar-refractivity contribution < 1.29 is 34.2 Å². The Hall–Kier alpha value is -2.77. The lowest BCUT2D eigenvalue weighted by molar-refractivity contribution is -0.142. The zero-order chi connectivity index (χ0) is 25.6. The van der Waals surface area contributed by atoms with Gasteiger partial charge in [0.2, 0.25) is 23.6 Å². The second-order valence-electron chi connectivity index (χ2n) is 8.23. The topological polar surface area (TPSA) is 240 Å². The summed E-state index contributed by atoms with van der Waals surface area (Å²) in [7, 11) is 0. The van der Waals surface area contributed by atoms with Gasteiger partial charge in [-0.3, -0.25) is 19.2 Å². The van der Waals surface area contributed by atoms with Gasteiger partial charge in [0, 0.05) is 6.42 Å². The number of unbranched alkanes of at least 4 members (excludes halogenated alkanes) is 1. The highest BCUT2D eigenvalue weighted by atomic mass is 16.4. The number of primary amides is 1. The monoisotopic (exact) mass is 474 g/mol. The number of aliphatic hydroxyl groups is 1. The highest BCUT2D eigenvalue weighted by molar-refractivity contribution is 5.94. The normalized spacial score (nSPS) is 14.6. The third-order valence-corrected chi connectivity index (χ3v) is 4.75. The number of carboxylic acid groups (broad SMARTS) is 1. The van der Waals surface area contributed by atoms with Crippen LogP contribution in [0.1, 0.15) is 52.4 Å². The molecule has 4 amide bonds. The van der Waals surface area contributed by atoms with Gasteiger partial charge in [-0.2, -0.15) is 0 Å². The van der Waals surface area contributed by atoms with Crippen LogP contribution < -0.4 is 33.2 Å². The van der Waals surface area contributed by atoms with Crippen molar-refractivity contribution in [3.05, 3.63) is 0 Å². The van der Waals surface area contributed by atoms with Crippen molar-refractivity contribution in [3.8, 4) is 0 Å². The first kappa shape index (κ1) is 30.2. The smallest absolute Gasteiger partial charge is 0.326 e. The first-order valence-electron chi connectivity index (χ1n) is 10.9. The summed E-state index contributed by atoms with van der Waals surface area (Å²) in [5, 5.41) is 25.7. The van der Waals surface area contributed by atoms with E-state index in [4.69, 9.17) is 22.3 Å². The first-order valence-corrected chi connectivity index (χ1v) is 10.9. The van der Waals surface area contributed by atoms with E-state index in [1.165, 1.54) is 0 Å². The number of hydrogen-bond donors (Lipinski definition) is 8. The number of carbonyl (C=O) groups excluding carboxylic acids is 4. The number of aliphatic carboxylic acids is 1. The fraction of sp³-hybridized carbons (Fsp3) is 0.750. The highest BCUT2D eigenvalue weighted by Gasteiger charge is 2.30. The summed E-state index contributed by atoms with van der Waals surface area (Å²) in [6.45, 7) is 3.43. The lowest BCUT2D eigenvalue weighted by Crippen LogP contribution is -2.57. The molecule has 0 aliphatic rings. The molecule has 4 unspecified atom stereocenters. The van der Waals surface area contributed by atoms with Gasteiger partial charge in [-0.15, -0.1) is 0 Å². The molecule has 0 bridgehead atoms. The molecule has 0 saturated heterocycles. The molecule has 190 valence electrons. The minimum atomic E-state index is -1.37. The summed E-state index contributed by atoms with van der Waals surface area (Å²) >= 11 is 0. The molecule has 4 atom stereocenters. The minimum absolute atomic E-state index is 0.00103. The molecule has 0 rings (SSSR count). The third-order valence-electron chi connectivity index (χ3n) is 4.75. The van der Waals surface area contributed by atoms with Gasteiger partial charge in [-0.05, 0) is 44.6 Å². The van der Waals surface area contributed by atoms with Gasteiger partial charge in [0.05, 0.1) is 6.61 Å². The van der Waals surface area contributed by atoms with Gasteiger partial charge in [-0.1, -0.05) is 13.8 Å². The Kier molecular flexibility index (Phi) is 14.6. The molecule has 13 heteroatoms. The van der Waals surface area contributed by atoms with E-state index in [1.54, 1.807) is 0 Å². The Labute approximate surface area is 193 Å². The second-order valence-corrected chi connectivity index (χ2v) is 8.23. The number of rotatable bonds is 17. The Morgan fingerprint density at radius 1 is 0.848 bits per heavy atom. The molecule has 0 aromatic rings. The van der Waals surface area contributed by atoms with E-state index in [9.17, 15) is 29.1 Å². The molecule has 0 aromatic carbocycles. The minimum Gasteiger partial charge on any atom is -0.480 e. The zero-order valence-electron chi connectivity index (χ0n) is 19.2. The average Bonchev–Trinajstić information content (AvgIpc) is 2.73. The van der Waals surface area contributed by atoms with Gasteiger partial charge in [0.15, 0.2) is 0 Å². The fourth-order valence-electron chi connectivity index (χ4n) is 2.91. The van der Waals surface area contributed by atoms with Gasteiger partial charge >= 0.3 is 5.97 Å². The summed E-state index contributed by atoms with van der Waals surface area (Å²) in [4.78, 5) is 60.2. The number of nitrogens with one attached hydrogen (secondary N) is 3. The maximum atomic E-state index is 12.9. The Bertz CT molecular complexity index is 673. The molecular weight excluding hydrogens is 436 g/mol. The van der Waals surface area contributed by atoms with Crippen LogP contribution in [0.25, 0.3) is 0 Å². The van der Waals surface area contributed by atoms with Crippen molar-refractivity contribution in [2.75, 3.05) is 13.2 Å². The number of aliphatic hydroxyl groups excluding tert-OH is 1. The van der Waals surface area contributed by atoms with Gasteiger partial charge in [0.1, 0.15) is 24.2 Å². The SMILES string of the molecule is CC(C)CC(NC(=O)C(N)CO)C(=O)NC(CCCCN)C(=O)NC(CCC(N)=O)C(=O)O. The Morgan fingerprint density at radius 3 is 1.88 bits per heavy atom. The fourth-order valence-corrected chi connectivity index (χ4v) is 2.91. The largest absolute Gasteiger partial charge is 0.480 e. The summed E-state index contributed by atoms with van der Waals surface area (Å²) in [6, 6.07) is -4.70. The summed E-state index contributed by atoms with van der Waals surface area (Å²) < 4.78 is 0. The van der Waals surface area contributed by atoms with E-state index in [2.05, 4.69) is 16.0 Å². The van der Waals surface area contributed by atoms with Crippen molar-refractivity contribution in [1.29, 1.82) is 0 Å². The van der Waals surface area contributed by atoms with Crippen molar-refractivity contribution >= 4 is 29.6 Å². The number of nitrogens with two attached hydrogens (primary N) is 3. The van der Waals surface area contributed by atoms with Crippen LogP contribution in [-0.4, -0.2) is 77.1 Å². The van der Waals surface area contributed by atoms with Crippen LogP contribution in [0.4, 0.5) is 0 Å². The van der Waals surface area contributed by atoms with Crippen LogP contribution in [-0.2, 0) is 24.0 Å². The van der Waals surface area contributed by atoms with E-state index in [0.717, 1.165) is 0 Å². The molecule has 0 aliphatic heterocycles. The van der Waals surface area contributed by atoms with E-state index in [-0.39, 0.29) is 31.6 Å². The number of amides is 4. The van der Waals surface area contributed by atoms with Crippen LogP contribution in [0.2, 0.25) is 0 Å². The molecule has 0 fully saturated rings. The van der Waals surface area contributed by atoms with Crippen LogP contribution in [0.5, 0.6) is 0 Å². The Balaban J connectivity index is 5.47. The Morgan fingerprint density at radius 2 is 1.39 bits per heavy atom. The maximum Gasteiger partial charge on any atom is 0.326 e. The highest BCUT2D eigenvalue weighted by Crippen LogP contribution is 2.08. The molecule has 0 aliphatic carbocycles. The van der Waals surface area contributed by atoms with Crippen LogP contribution in [0.15, 0.2) is 0 Å². The second kappa shape index (κ2) is 15.9. The maximum absolute atomic E-state index is 12.9. The van der Waals surface area contributed by atoms with Gasteiger partial charge < -0.3 is 43.4 Å². The standard InChI is InChI=1S/C20H38N6O7/c1-11(2)9-15(26-17(29)12(22)10-27)19(31)24-13(5-3-4-8-21)18(30)25-14(20(32)33)6-7-16(23)28/h11-15,27H,3-10,21-22H2,1-2H3,(H2,23,28)(H,24,31)(H,25,30)(H,26,29)(H,32,33). The molecule has 0 spiro atoms. The van der Waals surface area contributed by atoms with Crippen LogP contribution in [0.3, 0.4) is 0 Å². The summed E-state index contributed by atoms with van der Waals surface area (Å²) in [5.41, 5.74) is 16.0. The lowest BCUT2D eigenvalue weighted by Gasteiger charge is -2.26. The summed E-state index contributed by atoms with van der Waals surface area (Å²) in [6.07, 6.45) is 1.02. The number of carbonyl (C=O) groups is 5. The van der Waals surface area contributed by atoms with E-state index in [0.29, 0.717) is 19.4 Å². The van der Waals surface area contributed by atoms with Crippen molar-refractivity contribution in [3.63, 3.8) is 0 Å². The molecular formula is C20H38N6O7. The molecule has 0 aromatic heterocycles. The molecule has 0 heterocycles. The predicted molar refractivity (Wildman–Crippen MR) is 119 cm³/mol. The van der Waals surface area contributed by atoms with Gasteiger partial charge in [-0.25, -0.2) is 4.79 Å². The number of carboxylic acids is 1.